The molecular weight excluding hydrogens is 410 g/mol. The van der Waals surface area contributed by atoms with Gasteiger partial charge in [-0.3, -0.25) is 9.62 Å². The summed E-state index contributed by atoms with van der Waals surface area (Å²) in [6.07, 6.45) is 3.05. The molecule has 1 N–H and O–H groups in total. The first-order valence-electron chi connectivity index (χ1n) is 9.74. The summed E-state index contributed by atoms with van der Waals surface area (Å²) >= 11 is 0. The first-order valence-corrected chi connectivity index (χ1v) is 11.2. The molecule has 9 heteroatoms. The van der Waals surface area contributed by atoms with Crippen LogP contribution in [0.3, 0.4) is 0 Å². The van der Waals surface area contributed by atoms with Gasteiger partial charge in [-0.05, 0) is 37.1 Å². The SMILES string of the molecule is CCN1CCN(c2ncc(NS(=O)(=O)c3ccc(C(C)C)cc3)cn2)C[C@@H]1C.Cl. The van der Waals surface area contributed by atoms with E-state index in [9.17, 15) is 8.42 Å². The van der Waals surface area contributed by atoms with Crippen LogP contribution in [0.5, 0.6) is 0 Å². The molecule has 1 aliphatic heterocycles. The van der Waals surface area contributed by atoms with Crippen LogP contribution in [0.25, 0.3) is 0 Å². The van der Waals surface area contributed by atoms with Gasteiger partial charge in [0.25, 0.3) is 10.0 Å². The number of benzene rings is 1. The molecule has 0 aliphatic carbocycles. The number of rotatable bonds is 6. The van der Waals surface area contributed by atoms with E-state index in [4.69, 9.17) is 0 Å². The number of likely N-dealkylation sites (N-methyl/N-ethyl adjacent to an activating group) is 1. The molecule has 0 unspecified atom stereocenters. The molecule has 1 aliphatic rings. The van der Waals surface area contributed by atoms with Crippen LogP contribution in [0.2, 0.25) is 0 Å². The maximum absolute atomic E-state index is 12.6. The summed E-state index contributed by atoms with van der Waals surface area (Å²) < 4.78 is 27.8. The Kier molecular flexibility index (Phi) is 7.85. The van der Waals surface area contributed by atoms with Crippen molar-refractivity contribution in [1.82, 2.24) is 14.9 Å². The average molecular weight is 440 g/mol. The van der Waals surface area contributed by atoms with Gasteiger partial charge in [0.05, 0.1) is 23.0 Å². The van der Waals surface area contributed by atoms with Crippen molar-refractivity contribution in [3.63, 3.8) is 0 Å². The molecule has 0 amide bonds. The maximum atomic E-state index is 12.6. The molecule has 3 rings (SSSR count). The molecule has 29 heavy (non-hydrogen) atoms. The molecule has 2 aromatic rings. The Bertz CT molecular complexity index is 888. The molecule has 1 atom stereocenters. The van der Waals surface area contributed by atoms with Gasteiger partial charge < -0.3 is 4.90 Å². The third-order valence-corrected chi connectivity index (χ3v) is 6.60. The second-order valence-corrected chi connectivity index (χ2v) is 9.21. The smallest absolute Gasteiger partial charge is 0.261 e. The summed E-state index contributed by atoms with van der Waals surface area (Å²) in [5.41, 5.74) is 1.46. The molecule has 1 aromatic heterocycles. The highest BCUT2D eigenvalue weighted by Gasteiger charge is 2.24. The second kappa shape index (κ2) is 9.73. The summed E-state index contributed by atoms with van der Waals surface area (Å²) in [5.74, 6) is 0.986. The summed E-state index contributed by atoms with van der Waals surface area (Å²) in [6, 6.07) is 7.38. The normalized spacial score (nSPS) is 17.8. The highest BCUT2D eigenvalue weighted by atomic mass is 35.5. The minimum atomic E-state index is -3.66. The van der Waals surface area contributed by atoms with Crippen LogP contribution in [0.15, 0.2) is 41.6 Å². The van der Waals surface area contributed by atoms with Crippen LogP contribution in [-0.2, 0) is 10.0 Å². The summed E-state index contributed by atoms with van der Waals surface area (Å²) in [7, 11) is -3.66. The average Bonchev–Trinajstić information content (AvgIpc) is 2.68. The van der Waals surface area contributed by atoms with Gasteiger partial charge in [0, 0.05) is 25.7 Å². The number of halogens is 1. The molecule has 1 fully saturated rings. The van der Waals surface area contributed by atoms with Gasteiger partial charge in [0.15, 0.2) is 0 Å². The largest absolute Gasteiger partial charge is 0.338 e. The Hall–Kier alpha value is -1.90. The fraction of sp³-hybridized carbons (Fsp3) is 0.500. The predicted octanol–water partition coefficient (Wildman–Crippen LogP) is 3.35. The number of hydrogen-bond acceptors (Lipinski definition) is 6. The topological polar surface area (TPSA) is 78.4 Å². The quantitative estimate of drug-likeness (QED) is 0.743. The van der Waals surface area contributed by atoms with Crippen LogP contribution in [-0.4, -0.2) is 55.5 Å². The van der Waals surface area contributed by atoms with Gasteiger partial charge in [-0.1, -0.05) is 32.9 Å². The lowest BCUT2D eigenvalue weighted by molar-refractivity contribution is 0.198. The van der Waals surface area contributed by atoms with E-state index in [1.807, 2.05) is 12.1 Å². The molecule has 0 spiro atoms. The minimum absolute atomic E-state index is 0. The number of sulfonamides is 1. The summed E-state index contributed by atoms with van der Waals surface area (Å²) in [4.78, 5) is 13.5. The summed E-state index contributed by atoms with van der Waals surface area (Å²) in [6.45, 7) is 12.2. The molecule has 0 bridgehead atoms. The monoisotopic (exact) mass is 439 g/mol. The standard InChI is InChI=1S/C20H29N5O2S.ClH/c1-5-24-10-11-25(14-16(24)4)20-21-12-18(13-22-20)23-28(26,27)19-8-6-17(7-9-19)15(2)3;/h6-9,12-13,15-16,23H,5,10-11,14H2,1-4H3;1H/t16-;/m0./s1. The fourth-order valence-corrected chi connectivity index (χ4v) is 4.46. The van der Waals surface area contributed by atoms with Crippen molar-refractivity contribution in [2.45, 2.75) is 44.6 Å². The Balaban J connectivity index is 0.00000300. The zero-order chi connectivity index (χ0) is 20.3. The van der Waals surface area contributed by atoms with E-state index < -0.39 is 10.0 Å². The number of aromatic nitrogens is 2. The van der Waals surface area contributed by atoms with Crippen LogP contribution in [0, 0.1) is 0 Å². The Morgan fingerprint density at radius 1 is 1.14 bits per heavy atom. The van der Waals surface area contributed by atoms with E-state index in [-0.39, 0.29) is 17.3 Å². The molecule has 0 radical (unpaired) electrons. The number of hydrogen-bond donors (Lipinski definition) is 1. The van der Waals surface area contributed by atoms with Gasteiger partial charge in [-0.15, -0.1) is 12.4 Å². The minimum Gasteiger partial charge on any atom is -0.338 e. The van der Waals surface area contributed by atoms with E-state index >= 15 is 0 Å². The van der Waals surface area contributed by atoms with Crippen LogP contribution in [0.1, 0.15) is 39.2 Å². The Morgan fingerprint density at radius 3 is 2.28 bits per heavy atom. The lowest BCUT2D eigenvalue weighted by Crippen LogP contribution is -2.52. The van der Waals surface area contributed by atoms with Gasteiger partial charge in [-0.2, -0.15) is 0 Å². The highest BCUT2D eigenvalue weighted by Crippen LogP contribution is 2.20. The fourth-order valence-electron chi connectivity index (χ4n) is 3.43. The van der Waals surface area contributed by atoms with Crippen LogP contribution in [0.4, 0.5) is 11.6 Å². The number of piperazine rings is 1. The van der Waals surface area contributed by atoms with Crippen molar-refractivity contribution in [1.29, 1.82) is 0 Å². The third-order valence-electron chi connectivity index (χ3n) is 5.20. The second-order valence-electron chi connectivity index (χ2n) is 7.52. The molecule has 160 valence electrons. The zero-order valence-electron chi connectivity index (χ0n) is 17.4. The number of nitrogens with one attached hydrogen (secondary N) is 1. The van der Waals surface area contributed by atoms with Gasteiger partial charge in [-0.25, -0.2) is 18.4 Å². The maximum Gasteiger partial charge on any atom is 0.261 e. The molecule has 1 saturated heterocycles. The molecule has 2 heterocycles. The van der Waals surface area contributed by atoms with Crippen molar-refractivity contribution in [3.8, 4) is 0 Å². The Labute approximate surface area is 180 Å². The van der Waals surface area contributed by atoms with Crippen molar-refractivity contribution in [2.75, 3.05) is 35.8 Å². The van der Waals surface area contributed by atoms with Gasteiger partial charge in [0.2, 0.25) is 5.95 Å². The first kappa shape index (κ1) is 23.4. The number of anilines is 2. The van der Waals surface area contributed by atoms with E-state index in [1.165, 1.54) is 12.4 Å². The van der Waals surface area contributed by atoms with Crippen LogP contribution < -0.4 is 9.62 Å². The predicted molar refractivity (Wildman–Crippen MR) is 120 cm³/mol. The van der Waals surface area contributed by atoms with Gasteiger partial charge in [0.1, 0.15) is 0 Å². The van der Waals surface area contributed by atoms with E-state index in [2.05, 4.69) is 52.2 Å². The van der Waals surface area contributed by atoms with Crippen molar-refractivity contribution >= 4 is 34.1 Å². The summed E-state index contributed by atoms with van der Waals surface area (Å²) in [5, 5.41) is 0. The lowest BCUT2D eigenvalue weighted by Gasteiger charge is -2.39. The van der Waals surface area contributed by atoms with Crippen molar-refractivity contribution in [3.05, 3.63) is 42.2 Å². The molecule has 1 aromatic carbocycles. The van der Waals surface area contributed by atoms with E-state index in [0.717, 1.165) is 31.7 Å². The van der Waals surface area contributed by atoms with Crippen molar-refractivity contribution < 1.29 is 8.42 Å². The van der Waals surface area contributed by atoms with E-state index in [0.29, 0.717) is 23.6 Å². The zero-order valence-corrected chi connectivity index (χ0v) is 19.0. The van der Waals surface area contributed by atoms with E-state index in [1.54, 1.807) is 12.1 Å². The molecule has 7 nitrogen and oxygen atoms in total. The molecular formula is C20H30ClN5O2S. The van der Waals surface area contributed by atoms with Gasteiger partial charge >= 0.3 is 0 Å². The molecule has 0 saturated carbocycles. The van der Waals surface area contributed by atoms with Crippen LogP contribution >= 0.6 is 12.4 Å². The number of nitrogens with zero attached hydrogens (tertiary/aromatic N) is 4. The lowest BCUT2D eigenvalue weighted by atomic mass is 10.0. The highest BCUT2D eigenvalue weighted by molar-refractivity contribution is 7.92. The first-order chi connectivity index (χ1) is 13.3. The Morgan fingerprint density at radius 2 is 1.76 bits per heavy atom. The third kappa shape index (κ3) is 5.58. The van der Waals surface area contributed by atoms with Crippen molar-refractivity contribution in [2.24, 2.45) is 0 Å².